The molecule has 3 aromatic rings. The zero-order valence-electron chi connectivity index (χ0n) is 16.4. The third kappa shape index (κ3) is 4.78. The van der Waals surface area contributed by atoms with Crippen LogP contribution >= 0.6 is 11.6 Å². The van der Waals surface area contributed by atoms with Gasteiger partial charge in [-0.2, -0.15) is 0 Å². The van der Waals surface area contributed by atoms with Gasteiger partial charge in [-0.3, -0.25) is 9.59 Å². The molecule has 0 saturated heterocycles. The quantitative estimate of drug-likeness (QED) is 0.552. The number of fused-ring (bicyclic) bond motifs is 1. The molecule has 0 radical (unpaired) electrons. The lowest BCUT2D eigenvalue weighted by atomic mass is 10.1. The largest absolute Gasteiger partial charge is 0.394 e. The van der Waals surface area contributed by atoms with Crippen LogP contribution in [0.4, 0.5) is 5.69 Å². The number of aliphatic hydroxyl groups excluding tert-OH is 1. The third-order valence-corrected chi connectivity index (χ3v) is 5.13. The molecular formula is C22H24ClN3O3. The first-order valence-corrected chi connectivity index (χ1v) is 9.83. The number of carbonyl (C=O) groups is 1. The minimum Gasteiger partial charge on any atom is -0.394 e. The Labute approximate surface area is 174 Å². The molecule has 3 N–H and O–H groups in total. The predicted molar refractivity (Wildman–Crippen MR) is 117 cm³/mol. The monoisotopic (exact) mass is 413 g/mol. The summed E-state index contributed by atoms with van der Waals surface area (Å²) in [6.45, 7) is 2.33. The zero-order chi connectivity index (χ0) is 21.0. The van der Waals surface area contributed by atoms with Gasteiger partial charge in [-0.25, -0.2) is 0 Å². The van der Waals surface area contributed by atoms with Crippen molar-refractivity contribution in [2.24, 2.45) is 0 Å². The number of benzene rings is 2. The second-order valence-electron chi connectivity index (χ2n) is 7.01. The van der Waals surface area contributed by atoms with Crippen LogP contribution in [0.3, 0.4) is 0 Å². The molecule has 1 atom stereocenters. The molecule has 1 unspecified atom stereocenters. The van der Waals surface area contributed by atoms with E-state index in [4.69, 9.17) is 11.6 Å². The van der Waals surface area contributed by atoms with Crippen molar-refractivity contribution >= 4 is 34.1 Å². The second kappa shape index (κ2) is 9.11. The lowest BCUT2D eigenvalue weighted by Gasteiger charge is -2.18. The normalized spacial score (nSPS) is 12.0. The molecule has 1 amide bonds. The Morgan fingerprint density at radius 3 is 2.62 bits per heavy atom. The maximum absolute atomic E-state index is 13.0. The summed E-state index contributed by atoms with van der Waals surface area (Å²) in [6.07, 6.45) is 2.21. The van der Waals surface area contributed by atoms with Crippen molar-refractivity contribution < 1.29 is 9.90 Å². The van der Waals surface area contributed by atoms with E-state index in [1.54, 1.807) is 31.3 Å². The number of aliphatic hydroxyl groups is 1. The fraction of sp³-hybridized carbons (Fsp3) is 0.273. The molecule has 152 valence electrons. The topological polar surface area (TPSA) is 85.4 Å². The number of anilines is 1. The fourth-order valence-corrected chi connectivity index (χ4v) is 3.25. The van der Waals surface area contributed by atoms with E-state index in [9.17, 15) is 14.7 Å². The predicted octanol–water partition coefficient (Wildman–Crippen LogP) is 3.64. The third-order valence-electron chi connectivity index (χ3n) is 4.87. The van der Waals surface area contributed by atoms with E-state index in [1.807, 2.05) is 25.1 Å². The van der Waals surface area contributed by atoms with Gasteiger partial charge < -0.3 is 20.3 Å². The van der Waals surface area contributed by atoms with Crippen LogP contribution in [0.25, 0.3) is 10.9 Å². The summed E-state index contributed by atoms with van der Waals surface area (Å²) in [5, 5.41) is 13.6. The van der Waals surface area contributed by atoms with Gasteiger partial charge in [-0.15, -0.1) is 0 Å². The summed E-state index contributed by atoms with van der Waals surface area (Å²) >= 11 is 5.90. The summed E-state index contributed by atoms with van der Waals surface area (Å²) in [5.74, 6) is -0.358. The van der Waals surface area contributed by atoms with Crippen molar-refractivity contribution in [2.45, 2.75) is 25.9 Å². The van der Waals surface area contributed by atoms with Crippen LogP contribution in [-0.2, 0) is 6.54 Å². The fourth-order valence-electron chi connectivity index (χ4n) is 3.12. The summed E-state index contributed by atoms with van der Waals surface area (Å²) in [5.41, 5.74) is 2.05. The van der Waals surface area contributed by atoms with E-state index >= 15 is 0 Å². The molecule has 0 aliphatic heterocycles. The van der Waals surface area contributed by atoms with Crippen LogP contribution < -0.4 is 10.7 Å². The number of aromatic amines is 1. The number of hydrogen-bond donors (Lipinski definition) is 3. The molecule has 0 aliphatic rings. The maximum Gasteiger partial charge on any atom is 0.259 e. The highest BCUT2D eigenvalue weighted by Gasteiger charge is 2.18. The van der Waals surface area contributed by atoms with Crippen molar-refractivity contribution in [3.05, 3.63) is 75.0 Å². The van der Waals surface area contributed by atoms with Gasteiger partial charge in [0.1, 0.15) is 5.56 Å². The number of halogens is 1. The van der Waals surface area contributed by atoms with Crippen LogP contribution in [-0.4, -0.2) is 40.6 Å². The molecule has 1 aromatic heterocycles. The SMILES string of the molecule is CCC(CO)Nc1ccc2[nH]cc(C(=O)N(C)Cc3ccc(Cl)cc3)c(=O)c2c1. The molecule has 0 aliphatic carbocycles. The number of rotatable bonds is 7. The number of aromatic nitrogens is 1. The number of amides is 1. The summed E-state index contributed by atoms with van der Waals surface area (Å²) in [4.78, 5) is 30.4. The van der Waals surface area contributed by atoms with Crippen molar-refractivity contribution in [3.63, 3.8) is 0 Å². The van der Waals surface area contributed by atoms with E-state index < -0.39 is 0 Å². The first kappa shape index (κ1) is 20.9. The molecule has 0 fully saturated rings. The number of H-pyrrole nitrogens is 1. The molecular weight excluding hydrogens is 390 g/mol. The van der Waals surface area contributed by atoms with Gasteiger partial charge in [-0.05, 0) is 42.3 Å². The first-order valence-electron chi connectivity index (χ1n) is 9.45. The smallest absolute Gasteiger partial charge is 0.259 e. The Hall–Kier alpha value is -2.83. The Bertz CT molecular complexity index is 1060. The zero-order valence-corrected chi connectivity index (χ0v) is 17.2. The standard InChI is InChI=1S/C22H24ClN3O3/c1-3-16(13-27)25-17-8-9-20-18(10-17)21(28)19(11-24-20)22(29)26(2)12-14-4-6-15(23)7-5-14/h4-11,16,25,27H,3,12-13H2,1-2H3,(H,24,28). The molecule has 29 heavy (non-hydrogen) atoms. The van der Waals surface area contributed by atoms with E-state index in [-0.39, 0.29) is 29.5 Å². The summed E-state index contributed by atoms with van der Waals surface area (Å²) < 4.78 is 0. The van der Waals surface area contributed by atoms with Crippen LogP contribution in [0.15, 0.2) is 53.5 Å². The van der Waals surface area contributed by atoms with Crippen LogP contribution in [0, 0.1) is 0 Å². The van der Waals surface area contributed by atoms with Crippen molar-refractivity contribution in [3.8, 4) is 0 Å². The lowest BCUT2D eigenvalue weighted by molar-refractivity contribution is 0.0783. The van der Waals surface area contributed by atoms with Gasteiger partial charge in [0.15, 0.2) is 0 Å². The van der Waals surface area contributed by atoms with Crippen LogP contribution in [0.1, 0.15) is 29.3 Å². The molecule has 2 aromatic carbocycles. The molecule has 0 saturated carbocycles. The van der Waals surface area contributed by atoms with Gasteiger partial charge >= 0.3 is 0 Å². The number of carbonyl (C=O) groups excluding carboxylic acids is 1. The Balaban J connectivity index is 1.88. The lowest BCUT2D eigenvalue weighted by Crippen LogP contribution is -2.30. The van der Waals surface area contributed by atoms with E-state index in [0.717, 1.165) is 17.7 Å². The molecule has 6 nitrogen and oxygen atoms in total. The second-order valence-corrected chi connectivity index (χ2v) is 7.45. The Morgan fingerprint density at radius 2 is 1.97 bits per heavy atom. The minimum atomic E-state index is -0.358. The highest BCUT2D eigenvalue weighted by atomic mass is 35.5. The summed E-state index contributed by atoms with van der Waals surface area (Å²) in [7, 11) is 1.66. The van der Waals surface area contributed by atoms with Gasteiger partial charge in [0.2, 0.25) is 5.43 Å². The number of hydrogen-bond acceptors (Lipinski definition) is 4. The maximum atomic E-state index is 13.0. The highest BCUT2D eigenvalue weighted by Crippen LogP contribution is 2.18. The molecule has 7 heteroatoms. The van der Waals surface area contributed by atoms with Gasteiger partial charge in [0.25, 0.3) is 5.91 Å². The number of nitrogens with one attached hydrogen (secondary N) is 2. The average molecular weight is 414 g/mol. The molecule has 0 spiro atoms. The number of nitrogens with zero attached hydrogens (tertiary/aromatic N) is 1. The minimum absolute atomic E-state index is 0.00108. The highest BCUT2D eigenvalue weighted by molar-refractivity contribution is 6.30. The van der Waals surface area contributed by atoms with E-state index in [2.05, 4.69) is 10.3 Å². The van der Waals surface area contributed by atoms with Gasteiger partial charge in [-0.1, -0.05) is 30.7 Å². The van der Waals surface area contributed by atoms with Crippen molar-refractivity contribution in [1.29, 1.82) is 0 Å². The molecule has 0 bridgehead atoms. The Morgan fingerprint density at radius 1 is 1.24 bits per heavy atom. The summed E-state index contributed by atoms with van der Waals surface area (Å²) in [6, 6.07) is 12.5. The molecule has 3 rings (SSSR count). The Kier molecular flexibility index (Phi) is 6.56. The first-order chi connectivity index (χ1) is 13.9. The average Bonchev–Trinajstić information content (AvgIpc) is 2.73. The van der Waals surface area contributed by atoms with Crippen LogP contribution in [0.5, 0.6) is 0 Å². The van der Waals surface area contributed by atoms with Gasteiger partial charge in [0.05, 0.1) is 6.61 Å². The van der Waals surface area contributed by atoms with E-state index in [0.29, 0.717) is 22.5 Å². The number of pyridine rings is 1. The molecule has 1 heterocycles. The van der Waals surface area contributed by atoms with E-state index in [1.165, 1.54) is 11.1 Å². The van der Waals surface area contributed by atoms with Crippen molar-refractivity contribution in [1.82, 2.24) is 9.88 Å². The van der Waals surface area contributed by atoms with Gasteiger partial charge in [0, 0.05) is 47.4 Å². The van der Waals surface area contributed by atoms with Crippen molar-refractivity contribution in [2.75, 3.05) is 19.0 Å². The van der Waals surface area contributed by atoms with Crippen LogP contribution in [0.2, 0.25) is 5.02 Å².